The van der Waals surface area contributed by atoms with Crippen molar-refractivity contribution in [3.63, 3.8) is 0 Å². The molecule has 0 amide bonds. The van der Waals surface area contributed by atoms with Crippen LogP contribution < -0.4 is 31.1 Å². The van der Waals surface area contributed by atoms with Crippen LogP contribution >= 0.6 is 0 Å². The van der Waals surface area contributed by atoms with Crippen LogP contribution in [0.25, 0.3) is 88.4 Å². The molecule has 102 heavy (non-hydrogen) atoms. The zero-order valence-corrected chi connectivity index (χ0v) is 58.8. The van der Waals surface area contributed by atoms with E-state index in [4.69, 9.17) is 2.74 Å². The maximum absolute atomic E-state index is 9.83. The maximum Gasteiger partial charge on any atom is 0.252 e. The van der Waals surface area contributed by atoms with Crippen molar-refractivity contribution < 1.29 is 11.0 Å². The van der Waals surface area contributed by atoms with Gasteiger partial charge in [0.2, 0.25) is 0 Å². The molecule has 0 radical (unpaired) electrons. The highest BCUT2D eigenvalue weighted by molar-refractivity contribution is 7.00. The molecule has 0 saturated carbocycles. The first kappa shape index (κ1) is 54.0. The van der Waals surface area contributed by atoms with E-state index in [-0.39, 0.29) is 44.7 Å². The van der Waals surface area contributed by atoms with Gasteiger partial charge in [0.15, 0.2) is 0 Å². The van der Waals surface area contributed by atoms with E-state index in [1.807, 2.05) is 6.07 Å². The highest BCUT2D eigenvalue weighted by Crippen LogP contribution is 2.55. The fourth-order valence-electron chi connectivity index (χ4n) is 15.9. The molecule has 0 saturated heterocycles. The number of hydrogen-bond acceptors (Lipinski definition) is 3. The van der Waals surface area contributed by atoms with Gasteiger partial charge in [0.05, 0.1) is 44.4 Å². The van der Waals surface area contributed by atoms with Gasteiger partial charge in [0.1, 0.15) is 0 Å². The quantitative estimate of drug-likeness (QED) is 0.127. The van der Waals surface area contributed by atoms with Crippen LogP contribution in [0.2, 0.25) is 0 Å². The monoisotopic (exact) mass is 1320 g/mol. The molecule has 18 rings (SSSR count). The predicted octanol–water partition coefficient (Wildman–Crippen LogP) is 24.3. The summed E-state index contributed by atoms with van der Waals surface area (Å²) >= 11 is 0. The fourth-order valence-corrected chi connectivity index (χ4v) is 15.9. The number of anilines is 9. The van der Waals surface area contributed by atoms with Crippen LogP contribution in [0.15, 0.2) is 321 Å². The summed E-state index contributed by atoms with van der Waals surface area (Å²) in [4.78, 5) is 7.36. The summed E-state index contributed by atoms with van der Waals surface area (Å²) in [5, 5.41) is 2.42. The normalized spacial score (nSPS) is 14.0. The van der Waals surface area contributed by atoms with Gasteiger partial charge in [-0.25, -0.2) is 0 Å². The summed E-state index contributed by atoms with van der Waals surface area (Å²) in [6.07, 6.45) is 0. The second kappa shape index (κ2) is 23.9. The van der Waals surface area contributed by atoms with Crippen LogP contribution in [0.5, 0.6) is 0 Å². The van der Waals surface area contributed by atoms with Crippen LogP contribution in [-0.4, -0.2) is 15.8 Å². The summed E-state index contributed by atoms with van der Waals surface area (Å²) < 4.78 is 79.5. The Kier molecular flexibility index (Phi) is 12.7. The lowest BCUT2D eigenvalue weighted by Crippen LogP contribution is -2.61. The van der Waals surface area contributed by atoms with Gasteiger partial charge >= 0.3 is 0 Å². The largest absolute Gasteiger partial charge is 0.311 e. The first-order chi connectivity index (χ1) is 52.8. The standard InChI is InChI=1S/C96H80BN5/c1-94(2,3)66-46-55-87(78(56-66)63-30-14-10-15-31-63)101-88-61-72(98(69-36-20-13-21-37-69)70-47-49-71(50-48-70)99-83-42-26-22-38-74(83)75-39-23-27-43-84(75)99)51-53-81(88)97-82-54-52-73(100-85-44-28-24-40-76(85)77-41-25-29-45-86(77)100)62-89(82)102(91-60-68(96(7,8)9)59-90(101)92(91)97)93-79(64-32-16-11-17-33-64)57-67(95(4,5)6)58-80(93)65-34-18-12-19-35-65/h10-62H,1-9H3/i24D,25D,28D,29D,40D,41D,44D,45D. The van der Waals surface area contributed by atoms with E-state index in [1.165, 1.54) is 16.3 Å². The molecule has 0 unspecified atom stereocenters. The second-order valence-corrected chi connectivity index (χ2v) is 30.4. The van der Waals surface area contributed by atoms with Gasteiger partial charge in [-0.05, 0) is 187 Å². The Morgan fingerprint density at radius 3 is 1.27 bits per heavy atom. The van der Waals surface area contributed by atoms with Crippen LogP contribution in [0.3, 0.4) is 0 Å². The average Bonchev–Trinajstić information content (AvgIpc) is 1.00. The molecule has 492 valence electrons. The minimum Gasteiger partial charge on any atom is -0.311 e. The van der Waals surface area contributed by atoms with Crippen molar-refractivity contribution in [1.82, 2.24) is 9.13 Å². The highest BCUT2D eigenvalue weighted by atomic mass is 15.2. The molecule has 2 aromatic heterocycles. The Bertz CT molecular complexity index is 6260. The van der Waals surface area contributed by atoms with Crippen LogP contribution in [-0.2, 0) is 16.2 Å². The van der Waals surface area contributed by atoms with E-state index >= 15 is 0 Å². The van der Waals surface area contributed by atoms with Crippen molar-refractivity contribution in [2.24, 2.45) is 0 Å². The third kappa shape index (κ3) is 10.3. The Balaban J connectivity index is 0.984. The van der Waals surface area contributed by atoms with Crippen LogP contribution in [0.1, 0.15) is 90.0 Å². The predicted molar refractivity (Wildman–Crippen MR) is 436 cm³/mol. The minimum atomic E-state index is -0.497. The van der Waals surface area contributed by atoms with Crippen molar-refractivity contribution >= 4 is 118 Å². The van der Waals surface area contributed by atoms with Gasteiger partial charge in [0.25, 0.3) is 6.71 Å². The lowest BCUT2D eigenvalue weighted by atomic mass is 9.33. The summed E-state index contributed by atoms with van der Waals surface area (Å²) in [6, 6.07) is 95.1. The van der Waals surface area contributed by atoms with Crippen molar-refractivity contribution in [1.29, 1.82) is 0 Å². The van der Waals surface area contributed by atoms with Crippen molar-refractivity contribution in [3.05, 3.63) is 338 Å². The maximum atomic E-state index is 9.83. The van der Waals surface area contributed by atoms with Gasteiger partial charge in [-0.3, -0.25) is 0 Å². The van der Waals surface area contributed by atoms with E-state index in [1.54, 1.807) is 4.57 Å². The smallest absolute Gasteiger partial charge is 0.252 e. The summed E-state index contributed by atoms with van der Waals surface area (Å²) in [7, 11) is 0. The number of para-hydroxylation sites is 5. The van der Waals surface area contributed by atoms with Crippen molar-refractivity contribution in [2.45, 2.75) is 78.6 Å². The molecule has 4 heterocycles. The summed E-state index contributed by atoms with van der Waals surface area (Å²) in [5.74, 6) is 0. The molecule has 0 atom stereocenters. The molecular weight excluding hydrogens is 1230 g/mol. The molecule has 6 heteroatoms. The lowest BCUT2D eigenvalue weighted by molar-refractivity contribution is 0.590. The van der Waals surface area contributed by atoms with Gasteiger partial charge in [0, 0.05) is 89.4 Å². The first-order valence-corrected chi connectivity index (χ1v) is 35.4. The first-order valence-electron chi connectivity index (χ1n) is 39.4. The second-order valence-electron chi connectivity index (χ2n) is 30.4. The van der Waals surface area contributed by atoms with Crippen LogP contribution in [0.4, 0.5) is 51.2 Å². The molecular formula is C96H80BN5. The Morgan fingerprint density at radius 1 is 0.304 bits per heavy atom. The van der Waals surface area contributed by atoms with Gasteiger partial charge in [-0.1, -0.05) is 262 Å². The molecule has 14 aromatic carbocycles. The molecule has 0 fully saturated rings. The van der Waals surface area contributed by atoms with E-state index in [0.717, 1.165) is 129 Å². The number of hydrogen-bond donors (Lipinski definition) is 0. The number of nitrogens with zero attached hydrogens (tertiary/aromatic N) is 5. The Labute approximate surface area is 610 Å². The number of benzene rings is 14. The number of rotatable bonds is 10. The molecule has 5 nitrogen and oxygen atoms in total. The van der Waals surface area contributed by atoms with Gasteiger partial charge < -0.3 is 23.8 Å². The summed E-state index contributed by atoms with van der Waals surface area (Å²) in [5.41, 5.74) is 23.8. The zero-order valence-electron chi connectivity index (χ0n) is 66.8. The fraction of sp³-hybridized carbons (Fsp3) is 0.125. The molecule has 2 aliphatic rings. The molecule has 16 aromatic rings. The van der Waals surface area contributed by atoms with Gasteiger partial charge in [-0.15, -0.1) is 0 Å². The van der Waals surface area contributed by atoms with E-state index in [0.29, 0.717) is 5.69 Å². The Morgan fingerprint density at radius 2 is 0.725 bits per heavy atom. The average molecular weight is 1320 g/mol. The molecule has 0 aliphatic carbocycles. The zero-order chi connectivity index (χ0) is 76.3. The highest BCUT2D eigenvalue weighted by Gasteiger charge is 2.46. The summed E-state index contributed by atoms with van der Waals surface area (Å²) in [6.45, 7) is 20.0. The SMILES string of the molecule is [2H]c1c([2H])c([2H])c2c(c1[2H])c1c([2H])c([2H])c([2H])c([2H])c1n2-c1ccc2c(c1)N(c1c(-c3ccccc3)cc(C(C)(C)C)cc1-c1ccccc1)c1cc(C(C)(C)C)cc3c1B2c1ccc(N(c2ccccc2)c2ccc(-n4c5ccccc5c5ccccc54)cc2)cc1N3c1ccc(C(C)(C)C)cc1-c1ccccc1. The molecule has 0 N–H and O–H groups in total. The Hall–Kier alpha value is -11.9. The van der Waals surface area contributed by atoms with E-state index < -0.39 is 48.4 Å². The van der Waals surface area contributed by atoms with Crippen molar-refractivity contribution in [3.8, 4) is 44.8 Å². The number of fused-ring (bicyclic) bond motifs is 10. The van der Waals surface area contributed by atoms with Gasteiger partial charge in [-0.2, -0.15) is 0 Å². The topological polar surface area (TPSA) is 19.6 Å². The molecule has 2 aliphatic heterocycles. The number of aromatic nitrogens is 2. The third-order valence-electron chi connectivity index (χ3n) is 21.0. The minimum absolute atomic E-state index is 0.0130. The van der Waals surface area contributed by atoms with E-state index in [9.17, 15) is 8.22 Å². The van der Waals surface area contributed by atoms with Crippen LogP contribution in [0, 0.1) is 0 Å². The molecule has 0 spiro atoms. The van der Waals surface area contributed by atoms with E-state index in [2.05, 4.69) is 349 Å². The lowest BCUT2D eigenvalue weighted by Gasteiger charge is -2.46. The molecule has 0 bridgehead atoms. The third-order valence-corrected chi connectivity index (χ3v) is 21.0. The van der Waals surface area contributed by atoms with Crippen molar-refractivity contribution in [2.75, 3.05) is 14.7 Å².